The standard InChI is InChI=1S/C13H15N3OS2/c1-3-9(2)18-13-16-15-12(19-13)14-11(17)10-7-5-4-6-8-10/h4-9H,3H2,1-2H3,(H,14,15,17)/t9-/m1/s1. The van der Waals surface area contributed by atoms with Gasteiger partial charge in [-0.1, -0.05) is 55.1 Å². The smallest absolute Gasteiger partial charge is 0.257 e. The van der Waals surface area contributed by atoms with Crippen LogP contribution in [0.4, 0.5) is 5.13 Å². The Balaban J connectivity index is 1.98. The molecule has 2 aromatic rings. The molecule has 0 aliphatic heterocycles. The van der Waals surface area contributed by atoms with E-state index in [4.69, 9.17) is 0 Å². The lowest BCUT2D eigenvalue weighted by atomic mass is 10.2. The molecule has 0 radical (unpaired) electrons. The number of carbonyl (C=O) groups is 1. The molecule has 0 unspecified atom stereocenters. The lowest BCUT2D eigenvalue weighted by Crippen LogP contribution is -2.11. The molecule has 2 rings (SSSR count). The third-order valence-electron chi connectivity index (χ3n) is 2.54. The van der Waals surface area contributed by atoms with Crippen LogP contribution in [-0.4, -0.2) is 21.4 Å². The average molecular weight is 293 g/mol. The Hall–Kier alpha value is -1.40. The van der Waals surface area contributed by atoms with Gasteiger partial charge >= 0.3 is 0 Å². The molecule has 100 valence electrons. The highest BCUT2D eigenvalue weighted by molar-refractivity contribution is 8.01. The number of hydrogen-bond donors (Lipinski definition) is 1. The van der Waals surface area contributed by atoms with E-state index in [0.717, 1.165) is 10.8 Å². The molecule has 0 bridgehead atoms. The Labute approximate surface area is 120 Å². The van der Waals surface area contributed by atoms with E-state index in [1.165, 1.54) is 11.3 Å². The highest BCUT2D eigenvalue weighted by atomic mass is 32.2. The Morgan fingerprint density at radius 2 is 2.11 bits per heavy atom. The molecule has 0 saturated carbocycles. The summed E-state index contributed by atoms with van der Waals surface area (Å²) in [5, 5.41) is 11.9. The minimum atomic E-state index is -0.156. The minimum Gasteiger partial charge on any atom is -0.296 e. The Morgan fingerprint density at radius 3 is 2.79 bits per heavy atom. The molecule has 1 aromatic carbocycles. The summed E-state index contributed by atoms with van der Waals surface area (Å²) in [5.41, 5.74) is 0.619. The van der Waals surface area contributed by atoms with Gasteiger partial charge in [0.05, 0.1) is 0 Å². The molecule has 0 fully saturated rings. The first-order chi connectivity index (χ1) is 9.19. The molecule has 19 heavy (non-hydrogen) atoms. The van der Waals surface area contributed by atoms with Crippen LogP contribution in [0, 0.1) is 0 Å². The van der Waals surface area contributed by atoms with Gasteiger partial charge in [0.15, 0.2) is 4.34 Å². The van der Waals surface area contributed by atoms with E-state index in [1.807, 2.05) is 18.2 Å². The number of benzene rings is 1. The molecule has 0 aliphatic carbocycles. The number of aromatic nitrogens is 2. The van der Waals surface area contributed by atoms with E-state index in [9.17, 15) is 4.79 Å². The highest BCUT2D eigenvalue weighted by Gasteiger charge is 2.11. The van der Waals surface area contributed by atoms with Crippen LogP contribution in [0.15, 0.2) is 34.7 Å². The van der Waals surface area contributed by atoms with Crippen molar-refractivity contribution in [2.24, 2.45) is 0 Å². The summed E-state index contributed by atoms with van der Waals surface area (Å²) in [6.45, 7) is 4.28. The summed E-state index contributed by atoms with van der Waals surface area (Å²) in [4.78, 5) is 11.9. The lowest BCUT2D eigenvalue weighted by Gasteiger charge is -2.02. The number of amides is 1. The first-order valence-corrected chi connectivity index (χ1v) is 7.75. The van der Waals surface area contributed by atoms with Crippen molar-refractivity contribution in [2.45, 2.75) is 29.9 Å². The molecule has 1 amide bonds. The second-order valence-electron chi connectivity index (χ2n) is 4.03. The molecule has 0 aliphatic rings. The van der Waals surface area contributed by atoms with Crippen LogP contribution in [0.5, 0.6) is 0 Å². The summed E-state index contributed by atoms with van der Waals surface area (Å²) in [6, 6.07) is 9.08. The molecular formula is C13H15N3OS2. The molecule has 0 saturated heterocycles. The summed E-state index contributed by atoms with van der Waals surface area (Å²) in [5.74, 6) is -0.156. The van der Waals surface area contributed by atoms with Gasteiger partial charge in [0.25, 0.3) is 5.91 Å². The topological polar surface area (TPSA) is 54.9 Å². The van der Waals surface area contributed by atoms with E-state index in [-0.39, 0.29) is 5.91 Å². The van der Waals surface area contributed by atoms with E-state index in [2.05, 4.69) is 29.4 Å². The quantitative estimate of drug-likeness (QED) is 0.675. The summed E-state index contributed by atoms with van der Waals surface area (Å²) in [6.07, 6.45) is 1.08. The fourth-order valence-electron chi connectivity index (χ4n) is 1.32. The zero-order valence-corrected chi connectivity index (χ0v) is 12.4. The predicted octanol–water partition coefficient (Wildman–Crippen LogP) is 3.68. The monoisotopic (exact) mass is 293 g/mol. The maximum absolute atomic E-state index is 11.9. The zero-order chi connectivity index (χ0) is 13.7. The van der Waals surface area contributed by atoms with E-state index in [1.54, 1.807) is 23.9 Å². The molecule has 0 spiro atoms. The summed E-state index contributed by atoms with van der Waals surface area (Å²) in [7, 11) is 0. The fourth-order valence-corrected chi connectivity index (χ4v) is 3.32. The maximum Gasteiger partial charge on any atom is 0.257 e. The van der Waals surface area contributed by atoms with Crippen LogP contribution in [0.1, 0.15) is 30.6 Å². The molecule has 6 heteroatoms. The lowest BCUT2D eigenvalue weighted by molar-refractivity contribution is 0.102. The van der Waals surface area contributed by atoms with Gasteiger partial charge in [-0.15, -0.1) is 10.2 Å². The SMILES string of the molecule is CC[C@@H](C)Sc1nnc(NC(=O)c2ccccc2)s1. The Kier molecular flexibility index (Phi) is 4.93. The molecule has 1 aromatic heterocycles. The number of carbonyl (C=O) groups excluding carboxylic acids is 1. The van der Waals surface area contributed by atoms with Gasteiger partial charge in [-0.2, -0.15) is 0 Å². The van der Waals surface area contributed by atoms with Crippen molar-refractivity contribution in [3.05, 3.63) is 35.9 Å². The molecule has 1 heterocycles. The number of rotatable bonds is 5. The van der Waals surface area contributed by atoms with Crippen LogP contribution in [-0.2, 0) is 0 Å². The number of anilines is 1. The van der Waals surface area contributed by atoms with Crippen molar-refractivity contribution in [2.75, 3.05) is 5.32 Å². The largest absolute Gasteiger partial charge is 0.296 e. The van der Waals surface area contributed by atoms with Gasteiger partial charge in [0.2, 0.25) is 5.13 Å². The van der Waals surface area contributed by atoms with Gasteiger partial charge in [-0.3, -0.25) is 10.1 Å². The Morgan fingerprint density at radius 1 is 1.37 bits per heavy atom. The number of thioether (sulfide) groups is 1. The van der Waals surface area contributed by atoms with E-state index >= 15 is 0 Å². The van der Waals surface area contributed by atoms with E-state index in [0.29, 0.717) is 15.9 Å². The van der Waals surface area contributed by atoms with E-state index < -0.39 is 0 Å². The molecule has 1 N–H and O–H groups in total. The van der Waals surface area contributed by atoms with Gasteiger partial charge in [0.1, 0.15) is 0 Å². The van der Waals surface area contributed by atoms with Crippen molar-refractivity contribution < 1.29 is 4.79 Å². The van der Waals surface area contributed by atoms with Crippen LogP contribution in [0.3, 0.4) is 0 Å². The van der Waals surface area contributed by atoms with Gasteiger partial charge in [-0.05, 0) is 18.6 Å². The zero-order valence-electron chi connectivity index (χ0n) is 10.8. The van der Waals surface area contributed by atoms with Crippen molar-refractivity contribution in [3.8, 4) is 0 Å². The second-order valence-corrected chi connectivity index (χ2v) is 6.69. The molecule has 1 atom stereocenters. The van der Waals surface area contributed by atoms with Gasteiger partial charge in [-0.25, -0.2) is 0 Å². The number of nitrogens with one attached hydrogen (secondary N) is 1. The Bertz CT molecular complexity index is 542. The van der Waals surface area contributed by atoms with Crippen LogP contribution < -0.4 is 5.32 Å². The molecule has 4 nitrogen and oxygen atoms in total. The van der Waals surface area contributed by atoms with Crippen LogP contribution in [0.25, 0.3) is 0 Å². The van der Waals surface area contributed by atoms with Crippen molar-refractivity contribution in [1.82, 2.24) is 10.2 Å². The maximum atomic E-state index is 11.9. The normalized spacial score (nSPS) is 12.1. The summed E-state index contributed by atoms with van der Waals surface area (Å²) >= 11 is 3.09. The highest BCUT2D eigenvalue weighted by Crippen LogP contribution is 2.30. The van der Waals surface area contributed by atoms with Crippen LogP contribution in [0.2, 0.25) is 0 Å². The van der Waals surface area contributed by atoms with Crippen molar-refractivity contribution in [3.63, 3.8) is 0 Å². The third kappa shape index (κ3) is 4.04. The second kappa shape index (κ2) is 6.68. The fraction of sp³-hybridized carbons (Fsp3) is 0.308. The first kappa shape index (κ1) is 14.0. The van der Waals surface area contributed by atoms with Crippen LogP contribution >= 0.6 is 23.1 Å². The van der Waals surface area contributed by atoms with Gasteiger partial charge in [0, 0.05) is 10.8 Å². The van der Waals surface area contributed by atoms with Crippen molar-refractivity contribution in [1.29, 1.82) is 0 Å². The average Bonchev–Trinajstić information content (AvgIpc) is 2.86. The third-order valence-corrected chi connectivity index (χ3v) is 4.73. The predicted molar refractivity (Wildman–Crippen MR) is 79.9 cm³/mol. The first-order valence-electron chi connectivity index (χ1n) is 6.05. The summed E-state index contributed by atoms with van der Waals surface area (Å²) < 4.78 is 0.887. The number of hydrogen-bond acceptors (Lipinski definition) is 5. The minimum absolute atomic E-state index is 0.156. The van der Waals surface area contributed by atoms with Crippen molar-refractivity contribution >= 4 is 34.1 Å². The van der Waals surface area contributed by atoms with Gasteiger partial charge < -0.3 is 0 Å². The molecular weight excluding hydrogens is 278 g/mol. The number of nitrogens with zero attached hydrogens (tertiary/aromatic N) is 2.